The Balaban J connectivity index is 1.54. The van der Waals surface area contributed by atoms with Crippen molar-refractivity contribution < 1.29 is 18.8 Å². The Hall–Kier alpha value is -3.39. The number of hydrogen-bond donors (Lipinski definition) is 2. The number of imide groups is 1. The van der Waals surface area contributed by atoms with Crippen LogP contribution < -0.4 is 10.3 Å². The third-order valence-electron chi connectivity index (χ3n) is 4.14. The number of rotatable bonds is 3. The van der Waals surface area contributed by atoms with Crippen molar-refractivity contribution in [3.8, 4) is 0 Å². The zero-order valence-corrected chi connectivity index (χ0v) is 14.5. The maximum atomic E-state index is 13.0. The van der Waals surface area contributed by atoms with Crippen LogP contribution >= 0.6 is 11.6 Å². The minimum Gasteiger partial charge on any atom is -0.350 e. The molecule has 0 aliphatic carbocycles. The average Bonchev–Trinajstić information content (AvgIpc) is 3.18. The molecule has 27 heavy (non-hydrogen) atoms. The van der Waals surface area contributed by atoms with Crippen LogP contribution in [0.25, 0.3) is 10.9 Å². The first-order chi connectivity index (χ1) is 12.9. The largest absolute Gasteiger partial charge is 0.351 e. The second kappa shape index (κ2) is 6.40. The fraction of sp³-hybridized carbons (Fsp3) is 0.0556. The highest BCUT2D eigenvalue weighted by molar-refractivity contribution is 6.31. The lowest BCUT2D eigenvalue weighted by molar-refractivity contribution is -0.126. The van der Waals surface area contributed by atoms with E-state index in [4.69, 9.17) is 11.6 Å². The van der Waals surface area contributed by atoms with E-state index in [0.29, 0.717) is 21.2 Å². The second-order valence-electron chi connectivity index (χ2n) is 5.93. The molecule has 2 aromatic carbocycles. The van der Waals surface area contributed by atoms with E-state index in [1.54, 1.807) is 24.3 Å². The van der Waals surface area contributed by atoms with E-state index in [9.17, 15) is 18.8 Å². The van der Waals surface area contributed by atoms with Crippen molar-refractivity contribution in [2.75, 3.05) is 11.4 Å². The van der Waals surface area contributed by atoms with Crippen molar-refractivity contribution >= 4 is 46.0 Å². The normalized spacial score (nSPS) is 14.3. The molecule has 2 N–H and O–H groups in total. The van der Waals surface area contributed by atoms with E-state index in [0.717, 1.165) is 10.3 Å². The summed E-state index contributed by atoms with van der Waals surface area (Å²) >= 11 is 5.93. The van der Waals surface area contributed by atoms with Gasteiger partial charge in [-0.3, -0.25) is 19.9 Å². The molecule has 0 spiro atoms. The highest BCUT2D eigenvalue weighted by Crippen LogP contribution is 2.22. The van der Waals surface area contributed by atoms with Crippen molar-refractivity contribution in [2.24, 2.45) is 0 Å². The van der Waals surface area contributed by atoms with Gasteiger partial charge in [-0.25, -0.2) is 9.18 Å². The molecule has 0 radical (unpaired) electrons. The zero-order chi connectivity index (χ0) is 19.1. The van der Waals surface area contributed by atoms with Gasteiger partial charge in [-0.05, 0) is 48.5 Å². The number of nitrogens with one attached hydrogen (secondary N) is 2. The molecule has 1 aliphatic rings. The number of benzene rings is 2. The Morgan fingerprint density at radius 2 is 1.85 bits per heavy atom. The summed E-state index contributed by atoms with van der Waals surface area (Å²) in [6.45, 7) is -0.257. The Kier molecular flexibility index (Phi) is 4.04. The van der Waals surface area contributed by atoms with E-state index >= 15 is 0 Å². The summed E-state index contributed by atoms with van der Waals surface area (Å²) in [5.74, 6) is -1.71. The van der Waals surface area contributed by atoms with Gasteiger partial charge in [-0.1, -0.05) is 11.6 Å². The number of carbonyl (C=O) groups is 3. The van der Waals surface area contributed by atoms with Gasteiger partial charge < -0.3 is 4.98 Å². The Morgan fingerprint density at radius 1 is 1.11 bits per heavy atom. The van der Waals surface area contributed by atoms with E-state index in [1.807, 2.05) is 0 Å². The molecule has 0 unspecified atom stereocenters. The number of fused-ring (bicyclic) bond motifs is 1. The van der Waals surface area contributed by atoms with Crippen LogP contribution in [0, 0.1) is 5.82 Å². The Bertz CT molecular complexity index is 1080. The van der Waals surface area contributed by atoms with Crippen molar-refractivity contribution in [3.63, 3.8) is 0 Å². The number of halogens is 2. The predicted molar refractivity (Wildman–Crippen MR) is 96.8 cm³/mol. The first-order valence-electron chi connectivity index (χ1n) is 7.91. The molecular weight excluding hydrogens is 375 g/mol. The smallest absolute Gasteiger partial charge is 0.350 e. The average molecular weight is 387 g/mol. The van der Waals surface area contributed by atoms with Crippen LogP contribution in [0.5, 0.6) is 0 Å². The summed E-state index contributed by atoms with van der Waals surface area (Å²) in [5.41, 5.74) is 3.52. The summed E-state index contributed by atoms with van der Waals surface area (Å²) in [6.07, 6.45) is 0. The second-order valence-corrected chi connectivity index (χ2v) is 6.37. The number of aromatic amines is 1. The summed E-state index contributed by atoms with van der Waals surface area (Å²) in [5, 5.41) is 1.89. The van der Waals surface area contributed by atoms with Gasteiger partial charge >= 0.3 is 6.03 Å². The molecule has 1 fully saturated rings. The number of amides is 4. The SMILES string of the molecule is O=C(NN1C(=O)CN(c2ccc(F)cc2)C1=O)c1cc2cc(Cl)ccc2[nH]1. The number of aromatic nitrogens is 1. The van der Waals surface area contributed by atoms with E-state index in [1.165, 1.54) is 24.3 Å². The number of carbonyl (C=O) groups excluding carboxylic acids is 3. The number of hydrogen-bond acceptors (Lipinski definition) is 3. The van der Waals surface area contributed by atoms with Crippen molar-refractivity contribution in [2.45, 2.75) is 0 Å². The molecule has 3 aromatic rings. The van der Waals surface area contributed by atoms with Gasteiger partial charge in [0, 0.05) is 21.6 Å². The lowest BCUT2D eigenvalue weighted by Crippen LogP contribution is -2.47. The molecule has 1 aliphatic heterocycles. The van der Waals surface area contributed by atoms with Gasteiger partial charge in [-0.2, -0.15) is 5.01 Å². The minimum absolute atomic E-state index is 0.174. The van der Waals surface area contributed by atoms with Crippen molar-refractivity contribution in [1.29, 1.82) is 0 Å². The Labute approximate surface area is 157 Å². The molecule has 1 aromatic heterocycles. The first-order valence-corrected chi connectivity index (χ1v) is 8.29. The van der Waals surface area contributed by atoms with Crippen LogP contribution in [0.2, 0.25) is 5.02 Å². The van der Waals surface area contributed by atoms with Crippen LogP contribution in [-0.2, 0) is 4.79 Å². The number of nitrogens with zero attached hydrogens (tertiary/aromatic N) is 2. The molecule has 2 heterocycles. The van der Waals surface area contributed by atoms with Gasteiger partial charge in [0.15, 0.2) is 0 Å². The van der Waals surface area contributed by atoms with Gasteiger partial charge in [0.2, 0.25) is 0 Å². The fourth-order valence-electron chi connectivity index (χ4n) is 2.82. The Morgan fingerprint density at radius 3 is 2.59 bits per heavy atom. The molecule has 0 atom stereocenters. The van der Waals surface area contributed by atoms with Crippen LogP contribution in [-0.4, -0.2) is 34.4 Å². The summed E-state index contributed by atoms with van der Waals surface area (Å²) in [7, 11) is 0. The third kappa shape index (κ3) is 3.11. The maximum absolute atomic E-state index is 13.0. The lowest BCUT2D eigenvalue weighted by atomic mass is 10.2. The lowest BCUT2D eigenvalue weighted by Gasteiger charge is -2.17. The summed E-state index contributed by atoms with van der Waals surface area (Å²) in [4.78, 5) is 41.1. The van der Waals surface area contributed by atoms with Crippen molar-refractivity contribution in [3.05, 3.63) is 65.1 Å². The van der Waals surface area contributed by atoms with Crippen LogP contribution in [0.3, 0.4) is 0 Å². The summed E-state index contributed by atoms with van der Waals surface area (Å²) < 4.78 is 13.0. The summed E-state index contributed by atoms with van der Waals surface area (Å²) in [6, 6.07) is 11.1. The molecule has 1 saturated heterocycles. The molecular formula is C18H12ClFN4O3. The molecule has 9 heteroatoms. The third-order valence-corrected chi connectivity index (χ3v) is 4.38. The zero-order valence-electron chi connectivity index (χ0n) is 13.7. The van der Waals surface area contributed by atoms with E-state index < -0.39 is 23.7 Å². The quantitative estimate of drug-likeness (QED) is 0.678. The topological polar surface area (TPSA) is 85.5 Å². The molecule has 4 amide bonds. The maximum Gasteiger partial charge on any atom is 0.351 e. The van der Waals surface area contributed by atoms with Crippen LogP contribution in [0.4, 0.5) is 14.9 Å². The van der Waals surface area contributed by atoms with Crippen LogP contribution in [0.1, 0.15) is 10.5 Å². The number of urea groups is 1. The standard InChI is InChI=1S/C18H12ClFN4O3/c19-11-1-6-14-10(7-11)8-15(21-14)17(26)22-24-16(25)9-23(18(24)27)13-4-2-12(20)3-5-13/h1-8,21H,9H2,(H,22,26). The molecule has 0 bridgehead atoms. The highest BCUT2D eigenvalue weighted by atomic mass is 35.5. The number of hydrazine groups is 1. The van der Waals surface area contributed by atoms with E-state index in [2.05, 4.69) is 10.4 Å². The fourth-order valence-corrected chi connectivity index (χ4v) is 3.00. The first kappa shape index (κ1) is 17.0. The molecule has 136 valence electrons. The van der Waals surface area contributed by atoms with Crippen LogP contribution in [0.15, 0.2) is 48.5 Å². The van der Waals surface area contributed by atoms with Gasteiger partial charge in [0.25, 0.3) is 11.8 Å². The molecule has 4 rings (SSSR count). The van der Waals surface area contributed by atoms with Gasteiger partial charge in [-0.15, -0.1) is 0 Å². The molecule has 0 saturated carbocycles. The van der Waals surface area contributed by atoms with Gasteiger partial charge in [0.1, 0.15) is 18.1 Å². The predicted octanol–water partition coefficient (Wildman–Crippen LogP) is 3.07. The molecule has 7 nitrogen and oxygen atoms in total. The highest BCUT2D eigenvalue weighted by Gasteiger charge is 2.38. The minimum atomic E-state index is -0.723. The number of anilines is 1. The monoisotopic (exact) mass is 386 g/mol. The van der Waals surface area contributed by atoms with Gasteiger partial charge in [0.05, 0.1) is 0 Å². The van der Waals surface area contributed by atoms with Crippen molar-refractivity contribution in [1.82, 2.24) is 15.4 Å². The van der Waals surface area contributed by atoms with E-state index in [-0.39, 0.29) is 12.2 Å². The number of H-pyrrole nitrogens is 1.